The van der Waals surface area contributed by atoms with E-state index in [-0.39, 0.29) is 5.75 Å². The monoisotopic (exact) mass is 300 g/mol. The number of unbranched alkanes of at least 4 members (excludes halogenated alkanes) is 1. The van der Waals surface area contributed by atoms with Crippen LogP contribution in [0.1, 0.15) is 19.3 Å². The molecule has 0 saturated carbocycles. The van der Waals surface area contributed by atoms with Crippen molar-refractivity contribution in [2.45, 2.75) is 19.3 Å². The Labute approximate surface area is 121 Å². The molecule has 0 amide bonds. The SMILES string of the molecule is CNCCCCS(=O)(=O)NCCCOc1ccccc1. The van der Waals surface area contributed by atoms with Gasteiger partial charge in [-0.3, -0.25) is 0 Å². The minimum absolute atomic E-state index is 0.189. The molecule has 0 aromatic heterocycles. The summed E-state index contributed by atoms with van der Waals surface area (Å²) in [5.41, 5.74) is 0. The topological polar surface area (TPSA) is 67.4 Å². The molecule has 1 aromatic rings. The Hall–Kier alpha value is -1.11. The highest BCUT2D eigenvalue weighted by Crippen LogP contribution is 2.08. The van der Waals surface area contributed by atoms with Gasteiger partial charge < -0.3 is 10.1 Å². The van der Waals surface area contributed by atoms with E-state index in [9.17, 15) is 8.42 Å². The van der Waals surface area contributed by atoms with Gasteiger partial charge in [0, 0.05) is 6.54 Å². The van der Waals surface area contributed by atoms with Gasteiger partial charge in [-0.1, -0.05) is 18.2 Å². The summed E-state index contributed by atoms with van der Waals surface area (Å²) in [6.07, 6.45) is 2.20. The second-order valence-corrected chi connectivity index (χ2v) is 6.47. The van der Waals surface area contributed by atoms with Gasteiger partial charge in [-0.25, -0.2) is 13.1 Å². The average Bonchev–Trinajstić information content (AvgIpc) is 2.44. The van der Waals surface area contributed by atoms with Crippen molar-refractivity contribution in [1.29, 1.82) is 0 Å². The minimum atomic E-state index is -3.14. The van der Waals surface area contributed by atoms with Crippen LogP contribution in [0.3, 0.4) is 0 Å². The summed E-state index contributed by atoms with van der Waals surface area (Å²) in [5.74, 6) is 0.997. The average molecular weight is 300 g/mol. The number of rotatable bonds is 11. The lowest BCUT2D eigenvalue weighted by atomic mass is 10.3. The fourth-order valence-corrected chi connectivity index (χ4v) is 2.86. The first-order valence-corrected chi connectivity index (χ1v) is 8.59. The van der Waals surface area contributed by atoms with Gasteiger partial charge in [0.2, 0.25) is 10.0 Å². The predicted octanol–water partition coefficient (Wildman–Crippen LogP) is 1.37. The van der Waals surface area contributed by atoms with Crippen molar-refractivity contribution in [3.63, 3.8) is 0 Å². The first-order chi connectivity index (χ1) is 9.64. The first kappa shape index (κ1) is 16.9. The van der Waals surface area contributed by atoms with Crippen LogP contribution in [-0.2, 0) is 10.0 Å². The van der Waals surface area contributed by atoms with Crippen LogP contribution in [0.25, 0.3) is 0 Å². The lowest BCUT2D eigenvalue weighted by molar-refractivity contribution is 0.311. The van der Waals surface area contributed by atoms with Crippen LogP contribution >= 0.6 is 0 Å². The Morgan fingerprint density at radius 2 is 1.80 bits per heavy atom. The van der Waals surface area contributed by atoms with E-state index in [0.717, 1.165) is 18.7 Å². The Kier molecular flexibility index (Phi) is 8.25. The molecule has 0 aliphatic rings. The molecule has 0 aliphatic heterocycles. The van der Waals surface area contributed by atoms with Gasteiger partial charge in [0.1, 0.15) is 5.75 Å². The van der Waals surface area contributed by atoms with Crippen LogP contribution in [0.4, 0.5) is 0 Å². The molecule has 0 atom stereocenters. The molecule has 0 spiro atoms. The number of benzene rings is 1. The van der Waals surface area contributed by atoms with Gasteiger partial charge in [0.25, 0.3) is 0 Å². The zero-order valence-electron chi connectivity index (χ0n) is 12.0. The number of hydrogen-bond donors (Lipinski definition) is 2. The van der Waals surface area contributed by atoms with E-state index in [4.69, 9.17) is 4.74 Å². The summed E-state index contributed by atoms with van der Waals surface area (Å²) in [7, 11) is -1.28. The molecule has 6 heteroatoms. The Morgan fingerprint density at radius 3 is 2.50 bits per heavy atom. The van der Waals surface area contributed by atoms with Crippen LogP contribution in [0, 0.1) is 0 Å². The molecule has 0 fully saturated rings. The zero-order valence-corrected chi connectivity index (χ0v) is 12.8. The lowest BCUT2D eigenvalue weighted by Gasteiger charge is -2.08. The molecule has 0 saturated heterocycles. The van der Waals surface area contributed by atoms with E-state index in [1.165, 1.54) is 0 Å². The summed E-state index contributed by atoms with van der Waals surface area (Å²) >= 11 is 0. The zero-order chi connectivity index (χ0) is 14.7. The molecule has 0 bridgehead atoms. The molecule has 20 heavy (non-hydrogen) atoms. The third-order valence-corrected chi connectivity index (χ3v) is 4.21. The third kappa shape index (κ3) is 8.14. The van der Waals surface area contributed by atoms with Gasteiger partial charge in [0.05, 0.1) is 12.4 Å². The van der Waals surface area contributed by atoms with Gasteiger partial charge >= 0.3 is 0 Å². The van der Waals surface area contributed by atoms with E-state index in [1.807, 2.05) is 37.4 Å². The third-order valence-electron chi connectivity index (χ3n) is 2.74. The molecule has 5 nitrogen and oxygen atoms in total. The van der Waals surface area contributed by atoms with Crippen molar-refractivity contribution in [3.8, 4) is 5.75 Å². The molecular formula is C14H24N2O3S. The van der Waals surface area contributed by atoms with Gasteiger partial charge in [-0.15, -0.1) is 0 Å². The fourth-order valence-electron chi connectivity index (χ4n) is 1.67. The maximum absolute atomic E-state index is 11.7. The highest BCUT2D eigenvalue weighted by atomic mass is 32.2. The van der Waals surface area contributed by atoms with Crippen molar-refractivity contribution in [2.24, 2.45) is 0 Å². The highest BCUT2D eigenvalue weighted by molar-refractivity contribution is 7.89. The van der Waals surface area contributed by atoms with Crippen molar-refractivity contribution < 1.29 is 13.2 Å². The van der Waals surface area contributed by atoms with Crippen molar-refractivity contribution >= 4 is 10.0 Å². The largest absolute Gasteiger partial charge is 0.494 e. The summed E-state index contributed by atoms with van der Waals surface area (Å²) < 4.78 is 31.4. The first-order valence-electron chi connectivity index (χ1n) is 6.94. The molecule has 0 heterocycles. The minimum Gasteiger partial charge on any atom is -0.494 e. The Morgan fingerprint density at radius 1 is 1.05 bits per heavy atom. The van der Waals surface area contributed by atoms with Crippen LogP contribution in [0.2, 0.25) is 0 Å². The number of sulfonamides is 1. The Balaban J connectivity index is 2.07. The van der Waals surface area contributed by atoms with Crippen LogP contribution in [0.15, 0.2) is 30.3 Å². The molecule has 0 aliphatic carbocycles. The summed E-state index contributed by atoms with van der Waals surface area (Å²) in [4.78, 5) is 0. The normalized spacial score (nSPS) is 11.4. The molecular weight excluding hydrogens is 276 g/mol. The number of hydrogen-bond acceptors (Lipinski definition) is 4. The van der Waals surface area contributed by atoms with Crippen LogP contribution in [-0.4, -0.2) is 40.9 Å². The number of nitrogens with one attached hydrogen (secondary N) is 2. The molecule has 0 unspecified atom stereocenters. The van der Waals surface area contributed by atoms with E-state index >= 15 is 0 Å². The standard InChI is InChI=1S/C14H24N2O3S/c1-15-10-5-6-13-20(17,18)16-11-7-12-19-14-8-3-2-4-9-14/h2-4,8-9,15-16H,5-7,10-13H2,1H3. The number of ether oxygens (including phenoxy) is 1. The van der Waals surface area contributed by atoms with Gasteiger partial charge in [-0.2, -0.15) is 0 Å². The van der Waals surface area contributed by atoms with E-state index in [1.54, 1.807) is 0 Å². The highest BCUT2D eigenvalue weighted by Gasteiger charge is 2.08. The molecule has 1 aromatic carbocycles. The second kappa shape index (κ2) is 9.74. The molecule has 1 rings (SSSR count). The maximum Gasteiger partial charge on any atom is 0.211 e. The second-order valence-electron chi connectivity index (χ2n) is 4.54. The van der Waals surface area contributed by atoms with Crippen molar-refractivity contribution in [3.05, 3.63) is 30.3 Å². The molecule has 0 radical (unpaired) electrons. The summed E-state index contributed by atoms with van der Waals surface area (Å²) in [5, 5.41) is 3.00. The molecule has 2 N–H and O–H groups in total. The van der Waals surface area contributed by atoms with Crippen molar-refractivity contribution in [1.82, 2.24) is 10.0 Å². The lowest BCUT2D eigenvalue weighted by Crippen LogP contribution is -2.28. The van der Waals surface area contributed by atoms with Gasteiger partial charge in [0.15, 0.2) is 0 Å². The van der Waals surface area contributed by atoms with Crippen LogP contribution < -0.4 is 14.8 Å². The van der Waals surface area contributed by atoms with Gasteiger partial charge in [-0.05, 0) is 45.0 Å². The van der Waals surface area contributed by atoms with Crippen LogP contribution in [0.5, 0.6) is 5.75 Å². The quantitative estimate of drug-likeness (QED) is 0.606. The maximum atomic E-state index is 11.7. The number of para-hydroxylation sites is 1. The summed E-state index contributed by atoms with van der Waals surface area (Å²) in [6.45, 7) is 1.77. The van der Waals surface area contributed by atoms with E-state index < -0.39 is 10.0 Å². The smallest absolute Gasteiger partial charge is 0.211 e. The fraction of sp³-hybridized carbons (Fsp3) is 0.571. The van der Waals surface area contributed by atoms with E-state index in [2.05, 4.69) is 10.0 Å². The van der Waals surface area contributed by atoms with Crippen molar-refractivity contribution in [2.75, 3.05) is 32.5 Å². The van der Waals surface area contributed by atoms with E-state index in [0.29, 0.717) is 26.0 Å². The summed E-state index contributed by atoms with van der Waals surface area (Å²) in [6, 6.07) is 9.50. The predicted molar refractivity (Wildman–Crippen MR) is 81.5 cm³/mol. The Bertz CT molecular complexity index is 449. The molecule has 114 valence electrons.